The number of hydrogen-bond donors (Lipinski definition) is 2. The molecule has 0 radical (unpaired) electrons. The minimum atomic E-state index is -0.731. The zero-order chi connectivity index (χ0) is 25.9. The fourth-order valence-electron chi connectivity index (χ4n) is 4.93. The molecule has 7 nitrogen and oxygen atoms in total. The third kappa shape index (κ3) is 5.55. The lowest BCUT2D eigenvalue weighted by Gasteiger charge is -2.40. The normalized spacial score (nSPS) is 14.7. The van der Waals surface area contributed by atoms with Gasteiger partial charge in [-0.05, 0) is 54.0 Å². The van der Waals surface area contributed by atoms with E-state index >= 15 is 0 Å². The van der Waals surface area contributed by atoms with Crippen molar-refractivity contribution in [3.8, 4) is 0 Å². The summed E-state index contributed by atoms with van der Waals surface area (Å²) in [6, 6.07) is 9.41. The lowest BCUT2D eigenvalue weighted by atomic mass is 9.64. The number of amides is 1. The van der Waals surface area contributed by atoms with Gasteiger partial charge in [-0.15, -0.1) is 10.2 Å². The number of tetrazole rings is 1. The zero-order valence-electron chi connectivity index (χ0n) is 21.3. The molecule has 36 heavy (non-hydrogen) atoms. The molecule has 1 heterocycles. The van der Waals surface area contributed by atoms with Gasteiger partial charge in [0.1, 0.15) is 11.6 Å². The molecule has 0 bridgehead atoms. The van der Waals surface area contributed by atoms with E-state index in [0.29, 0.717) is 23.3 Å². The molecule has 0 saturated heterocycles. The highest BCUT2D eigenvalue weighted by Gasteiger charge is 2.44. The van der Waals surface area contributed by atoms with Crippen LogP contribution in [0.5, 0.6) is 0 Å². The van der Waals surface area contributed by atoms with Crippen molar-refractivity contribution in [3.63, 3.8) is 0 Å². The summed E-state index contributed by atoms with van der Waals surface area (Å²) in [6.45, 7) is 10.3. The Morgan fingerprint density at radius 1 is 1.08 bits per heavy atom. The average Bonchev–Trinajstić information content (AvgIpc) is 3.29. The Kier molecular flexibility index (Phi) is 7.66. The van der Waals surface area contributed by atoms with Gasteiger partial charge in [0.25, 0.3) is 0 Å². The monoisotopic (exact) mass is 496 g/mol. The van der Waals surface area contributed by atoms with E-state index in [1.54, 1.807) is 0 Å². The fourth-order valence-corrected chi connectivity index (χ4v) is 4.93. The van der Waals surface area contributed by atoms with Crippen molar-refractivity contribution in [2.75, 3.05) is 23.3 Å². The van der Waals surface area contributed by atoms with E-state index in [1.807, 2.05) is 12.1 Å². The maximum atomic E-state index is 14.2. The van der Waals surface area contributed by atoms with E-state index in [2.05, 4.69) is 64.6 Å². The smallest absolute Gasteiger partial charge is 0.228 e. The Morgan fingerprint density at radius 2 is 1.81 bits per heavy atom. The molecule has 1 aliphatic rings. The first-order valence-electron chi connectivity index (χ1n) is 12.5. The van der Waals surface area contributed by atoms with Gasteiger partial charge in [0.15, 0.2) is 5.82 Å². The van der Waals surface area contributed by atoms with Crippen LogP contribution in [0.25, 0.3) is 0 Å². The summed E-state index contributed by atoms with van der Waals surface area (Å²) in [5, 5.41) is 17.9. The third-order valence-electron chi connectivity index (χ3n) is 6.68. The second-order valence-corrected chi connectivity index (χ2v) is 10.6. The number of nitrogens with zero attached hydrogens (tertiary/aromatic N) is 4. The predicted molar refractivity (Wildman–Crippen MR) is 136 cm³/mol. The van der Waals surface area contributed by atoms with Crippen molar-refractivity contribution in [3.05, 3.63) is 65.0 Å². The number of rotatable bonds is 10. The highest BCUT2D eigenvalue weighted by molar-refractivity contribution is 5.96. The first-order valence-corrected chi connectivity index (χ1v) is 12.5. The van der Waals surface area contributed by atoms with Crippen LogP contribution in [-0.2, 0) is 16.6 Å². The molecule has 2 aromatic carbocycles. The molecule has 0 unspecified atom stereocenters. The molecular formula is C27H34F2N6O. The zero-order valence-corrected chi connectivity index (χ0v) is 21.3. The molecule has 0 aliphatic heterocycles. The number of carbonyl (C=O) groups is 1. The van der Waals surface area contributed by atoms with E-state index in [0.717, 1.165) is 55.7 Å². The Bertz CT molecular complexity index is 1180. The van der Waals surface area contributed by atoms with E-state index in [9.17, 15) is 13.6 Å². The second-order valence-electron chi connectivity index (χ2n) is 10.6. The summed E-state index contributed by atoms with van der Waals surface area (Å²) in [7, 11) is 0. The number of H-pyrrole nitrogens is 1. The lowest BCUT2D eigenvalue weighted by Crippen LogP contribution is -2.37. The van der Waals surface area contributed by atoms with Crippen LogP contribution in [0.4, 0.5) is 20.2 Å². The summed E-state index contributed by atoms with van der Waals surface area (Å²) in [6.07, 6.45) is 2.64. The van der Waals surface area contributed by atoms with E-state index < -0.39 is 11.6 Å². The van der Waals surface area contributed by atoms with Gasteiger partial charge in [-0.3, -0.25) is 4.79 Å². The minimum absolute atomic E-state index is 0.148. The van der Waals surface area contributed by atoms with Gasteiger partial charge in [0.05, 0.1) is 23.2 Å². The fraction of sp³-hybridized carbons (Fsp3) is 0.481. The van der Waals surface area contributed by atoms with Gasteiger partial charge < -0.3 is 10.2 Å². The molecule has 9 heteroatoms. The number of anilines is 2. The quantitative estimate of drug-likeness (QED) is 0.401. The number of hydrogen-bond acceptors (Lipinski definition) is 5. The summed E-state index contributed by atoms with van der Waals surface area (Å²) >= 11 is 0. The Hall–Kier alpha value is -3.36. The molecule has 192 valence electrons. The molecule has 0 spiro atoms. The van der Waals surface area contributed by atoms with Crippen molar-refractivity contribution < 1.29 is 13.6 Å². The van der Waals surface area contributed by atoms with Crippen LogP contribution in [0.15, 0.2) is 36.4 Å². The van der Waals surface area contributed by atoms with Crippen molar-refractivity contribution in [2.24, 2.45) is 11.8 Å². The summed E-state index contributed by atoms with van der Waals surface area (Å²) < 4.78 is 27.6. The maximum Gasteiger partial charge on any atom is 0.228 e. The van der Waals surface area contributed by atoms with Gasteiger partial charge in [0.2, 0.25) is 5.91 Å². The highest BCUT2D eigenvalue weighted by Crippen LogP contribution is 2.48. The molecule has 3 aromatic rings. The standard InChI is InChI=1S/C27H34F2N6O/c1-17(2)15-35(16-18(3)4)24-9-7-20(27(10-5-11-27)26-31-33-34-32-26)13-23(24)30-25(36)12-19-6-8-21(28)14-22(19)29/h6-9,13-14,17-18H,5,10-12,15-16H2,1-4H3,(H,30,36)(H,31,32,33,34). The molecule has 1 aliphatic carbocycles. The molecule has 0 atom stereocenters. The van der Waals surface area contributed by atoms with Gasteiger partial charge in [-0.25, -0.2) is 8.78 Å². The van der Waals surface area contributed by atoms with Crippen molar-refractivity contribution >= 4 is 17.3 Å². The molecule has 4 rings (SSSR count). The van der Waals surface area contributed by atoms with Crippen LogP contribution < -0.4 is 10.2 Å². The van der Waals surface area contributed by atoms with Crippen molar-refractivity contribution in [1.82, 2.24) is 20.6 Å². The van der Waals surface area contributed by atoms with Crippen LogP contribution in [0.3, 0.4) is 0 Å². The molecular weight excluding hydrogens is 462 g/mol. The molecule has 1 saturated carbocycles. The van der Waals surface area contributed by atoms with E-state index in [1.165, 1.54) is 6.07 Å². The number of halogens is 2. The topological polar surface area (TPSA) is 86.8 Å². The van der Waals surface area contributed by atoms with Crippen LogP contribution in [0.2, 0.25) is 0 Å². The number of nitrogens with one attached hydrogen (secondary N) is 2. The van der Waals surface area contributed by atoms with Crippen LogP contribution in [0, 0.1) is 23.5 Å². The van der Waals surface area contributed by atoms with E-state index in [4.69, 9.17) is 0 Å². The number of benzene rings is 2. The molecule has 1 amide bonds. The Morgan fingerprint density at radius 3 is 2.36 bits per heavy atom. The second kappa shape index (κ2) is 10.7. The van der Waals surface area contributed by atoms with Crippen molar-refractivity contribution in [1.29, 1.82) is 0 Å². The minimum Gasteiger partial charge on any atom is -0.369 e. The largest absolute Gasteiger partial charge is 0.369 e. The molecule has 2 N–H and O–H groups in total. The number of aromatic amines is 1. The first-order chi connectivity index (χ1) is 17.2. The summed E-state index contributed by atoms with van der Waals surface area (Å²) in [5.74, 6) is -0.290. The van der Waals surface area contributed by atoms with Gasteiger partial charge >= 0.3 is 0 Å². The average molecular weight is 497 g/mol. The Labute approximate surface area is 210 Å². The third-order valence-corrected chi connectivity index (χ3v) is 6.68. The van der Waals surface area contributed by atoms with Gasteiger partial charge in [0, 0.05) is 19.2 Å². The van der Waals surface area contributed by atoms with E-state index in [-0.39, 0.29) is 23.3 Å². The molecule has 1 aromatic heterocycles. The number of carbonyl (C=O) groups excluding carboxylic acids is 1. The first kappa shape index (κ1) is 25.7. The SMILES string of the molecule is CC(C)CN(CC(C)C)c1ccc(C2(c3nn[nH]n3)CCC2)cc1NC(=O)Cc1ccc(F)cc1F. The molecule has 1 fully saturated rings. The predicted octanol–water partition coefficient (Wildman–Crippen LogP) is 5.25. The van der Waals surface area contributed by atoms with Gasteiger partial charge in [-0.2, -0.15) is 5.21 Å². The van der Waals surface area contributed by atoms with Gasteiger partial charge in [-0.1, -0.05) is 51.5 Å². The van der Waals surface area contributed by atoms with Crippen LogP contribution >= 0.6 is 0 Å². The van der Waals surface area contributed by atoms with Crippen LogP contribution in [-0.4, -0.2) is 39.6 Å². The Balaban J connectivity index is 1.71. The lowest BCUT2D eigenvalue weighted by molar-refractivity contribution is -0.115. The summed E-state index contributed by atoms with van der Waals surface area (Å²) in [5.41, 5.74) is 2.38. The summed E-state index contributed by atoms with van der Waals surface area (Å²) in [4.78, 5) is 15.4. The van der Waals surface area contributed by atoms with Crippen molar-refractivity contribution in [2.45, 2.75) is 58.8 Å². The number of aromatic nitrogens is 4. The maximum absolute atomic E-state index is 14.2. The van der Waals surface area contributed by atoms with Crippen LogP contribution in [0.1, 0.15) is 63.9 Å². The highest BCUT2D eigenvalue weighted by atomic mass is 19.1.